The molecule has 2 aromatic rings. The summed E-state index contributed by atoms with van der Waals surface area (Å²) in [5, 5.41) is 9.46. The van der Waals surface area contributed by atoms with Gasteiger partial charge < -0.3 is 9.84 Å². The van der Waals surface area contributed by atoms with Crippen molar-refractivity contribution in [2.75, 3.05) is 0 Å². The first kappa shape index (κ1) is 12.3. The van der Waals surface area contributed by atoms with E-state index in [0.717, 1.165) is 12.1 Å². The van der Waals surface area contributed by atoms with Crippen molar-refractivity contribution in [3.8, 4) is 11.5 Å². The summed E-state index contributed by atoms with van der Waals surface area (Å²) in [5.74, 6) is -2.57. The molecule has 3 rings (SSSR count). The number of phenolic OH excluding ortho intramolecular Hbond substituents is 1. The summed E-state index contributed by atoms with van der Waals surface area (Å²) < 4.78 is 17.9. The first-order valence-electron chi connectivity index (χ1n) is 5.90. The lowest BCUT2D eigenvalue weighted by Crippen LogP contribution is -2.20. The number of carbonyl (C=O) groups is 2. The number of esters is 1. The van der Waals surface area contributed by atoms with E-state index in [2.05, 4.69) is 0 Å². The molecule has 0 fully saturated rings. The normalized spacial score (nSPS) is 16.6. The van der Waals surface area contributed by atoms with Crippen molar-refractivity contribution in [3.05, 3.63) is 59.4 Å². The summed E-state index contributed by atoms with van der Waals surface area (Å²) in [4.78, 5) is 24.2. The lowest BCUT2D eigenvalue weighted by molar-refractivity contribution is -0.132. The average molecular weight is 272 g/mol. The minimum absolute atomic E-state index is 0.0565. The fraction of sp³-hybridized carbons (Fsp3) is 0.0667. The van der Waals surface area contributed by atoms with Crippen LogP contribution in [-0.4, -0.2) is 16.9 Å². The second-order valence-corrected chi connectivity index (χ2v) is 4.45. The summed E-state index contributed by atoms with van der Waals surface area (Å²) >= 11 is 0. The van der Waals surface area contributed by atoms with Crippen molar-refractivity contribution < 1.29 is 23.8 Å². The van der Waals surface area contributed by atoms with E-state index in [0.29, 0.717) is 5.56 Å². The van der Waals surface area contributed by atoms with Crippen molar-refractivity contribution >= 4 is 11.8 Å². The van der Waals surface area contributed by atoms with Crippen molar-refractivity contribution in [3.63, 3.8) is 0 Å². The summed E-state index contributed by atoms with van der Waals surface area (Å²) in [7, 11) is 0. The van der Waals surface area contributed by atoms with Gasteiger partial charge in [-0.15, -0.1) is 0 Å². The Morgan fingerprint density at radius 1 is 1.15 bits per heavy atom. The fourth-order valence-electron chi connectivity index (χ4n) is 2.18. The molecule has 1 heterocycles. The maximum Gasteiger partial charge on any atom is 0.326 e. The zero-order chi connectivity index (χ0) is 14.3. The highest BCUT2D eigenvalue weighted by atomic mass is 19.1. The molecule has 0 aliphatic carbocycles. The number of hydrogen-bond donors (Lipinski definition) is 1. The minimum Gasteiger partial charge on any atom is -0.508 e. The van der Waals surface area contributed by atoms with Crippen LogP contribution >= 0.6 is 0 Å². The number of aromatic hydroxyl groups is 1. The Morgan fingerprint density at radius 2 is 1.85 bits per heavy atom. The van der Waals surface area contributed by atoms with Gasteiger partial charge in [-0.3, -0.25) is 9.59 Å². The van der Waals surface area contributed by atoms with Gasteiger partial charge in [0.25, 0.3) is 0 Å². The van der Waals surface area contributed by atoms with E-state index in [1.807, 2.05) is 0 Å². The summed E-state index contributed by atoms with van der Waals surface area (Å²) in [6, 6.07) is 9.05. The molecule has 0 bridgehead atoms. The van der Waals surface area contributed by atoms with Crippen molar-refractivity contribution in [1.29, 1.82) is 0 Å². The third-order valence-corrected chi connectivity index (χ3v) is 3.14. The Morgan fingerprint density at radius 3 is 2.55 bits per heavy atom. The van der Waals surface area contributed by atoms with E-state index in [-0.39, 0.29) is 17.1 Å². The van der Waals surface area contributed by atoms with Crippen LogP contribution in [0.25, 0.3) is 0 Å². The van der Waals surface area contributed by atoms with Gasteiger partial charge in [0.1, 0.15) is 23.2 Å². The fourth-order valence-corrected chi connectivity index (χ4v) is 2.18. The van der Waals surface area contributed by atoms with Crippen LogP contribution in [-0.2, 0) is 4.79 Å². The first-order chi connectivity index (χ1) is 9.56. The van der Waals surface area contributed by atoms with Gasteiger partial charge in [0.05, 0.1) is 0 Å². The topological polar surface area (TPSA) is 63.6 Å². The second-order valence-electron chi connectivity index (χ2n) is 4.45. The minimum atomic E-state index is -1.12. The third kappa shape index (κ3) is 1.93. The quantitative estimate of drug-likeness (QED) is 0.394. The Hall–Kier alpha value is -2.69. The molecule has 0 aromatic heterocycles. The van der Waals surface area contributed by atoms with Gasteiger partial charge in [-0.05, 0) is 42.5 Å². The zero-order valence-corrected chi connectivity index (χ0v) is 10.2. The summed E-state index contributed by atoms with van der Waals surface area (Å²) in [5.41, 5.74) is 0.536. The average Bonchev–Trinajstić information content (AvgIpc) is 2.74. The Labute approximate surface area is 113 Å². The Kier molecular flexibility index (Phi) is 2.75. The lowest BCUT2D eigenvalue weighted by Gasteiger charge is -2.06. The summed E-state index contributed by atoms with van der Waals surface area (Å²) in [6.45, 7) is 0. The number of rotatable bonds is 2. The highest BCUT2D eigenvalue weighted by Crippen LogP contribution is 2.38. The van der Waals surface area contributed by atoms with Crippen LogP contribution in [0.1, 0.15) is 21.8 Å². The van der Waals surface area contributed by atoms with Gasteiger partial charge in [-0.2, -0.15) is 0 Å². The number of hydrogen-bond acceptors (Lipinski definition) is 4. The number of halogens is 1. The van der Waals surface area contributed by atoms with Crippen LogP contribution in [0.3, 0.4) is 0 Å². The smallest absolute Gasteiger partial charge is 0.326 e. The van der Waals surface area contributed by atoms with E-state index in [1.165, 1.54) is 30.3 Å². The highest BCUT2D eigenvalue weighted by Gasteiger charge is 2.39. The van der Waals surface area contributed by atoms with Gasteiger partial charge >= 0.3 is 5.97 Å². The third-order valence-electron chi connectivity index (χ3n) is 3.14. The molecule has 0 saturated heterocycles. The van der Waals surface area contributed by atoms with Gasteiger partial charge in [0.2, 0.25) is 0 Å². The van der Waals surface area contributed by atoms with Crippen LogP contribution < -0.4 is 4.74 Å². The predicted octanol–water partition coefficient (Wildman–Crippen LogP) is 2.42. The first-order valence-corrected chi connectivity index (χ1v) is 5.90. The van der Waals surface area contributed by atoms with Crippen molar-refractivity contribution in [2.24, 2.45) is 0 Å². The molecule has 2 aromatic carbocycles. The molecule has 0 radical (unpaired) electrons. The lowest BCUT2D eigenvalue weighted by atomic mass is 9.92. The maximum atomic E-state index is 12.9. The monoisotopic (exact) mass is 272 g/mol. The number of carbonyl (C=O) groups excluding carboxylic acids is 2. The van der Waals surface area contributed by atoms with Crippen LogP contribution in [0.2, 0.25) is 0 Å². The number of benzene rings is 2. The van der Waals surface area contributed by atoms with Crippen molar-refractivity contribution in [1.82, 2.24) is 0 Å². The SMILES string of the molecule is O=C1Oc2ccc(O)cc2[C@@H]1C(=O)c1ccc(F)cc1. The number of ether oxygens (including phenoxy) is 1. The zero-order valence-electron chi connectivity index (χ0n) is 10.2. The molecule has 0 unspecified atom stereocenters. The highest BCUT2D eigenvalue weighted by molar-refractivity contribution is 6.15. The van der Waals surface area contributed by atoms with Crippen molar-refractivity contribution in [2.45, 2.75) is 5.92 Å². The van der Waals surface area contributed by atoms with E-state index >= 15 is 0 Å². The molecule has 20 heavy (non-hydrogen) atoms. The number of ketones is 1. The van der Waals surface area contributed by atoms with Crippen LogP contribution in [0.15, 0.2) is 42.5 Å². The Bertz CT molecular complexity index is 706. The van der Waals surface area contributed by atoms with Gasteiger partial charge in [0, 0.05) is 11.1 Å². The van der Waals surface area contributed by atoms with Crippen LogP contribution in [0, 0.1) is 5.82 Å². The van der Waals surface area contributed by atoms with E-state index in [1.54, 1.807) is 0 Å². The van der Waals surface area contributed by atoms with Gasteiger partial charge in [-0.1, -0.05) is 0 Å². The molecular weight excluding hydrogens is 263 g/mol. The van der Waals surface area contributed by atoms with E-state index < -0.39 is 23.5 Å². The molecule has 0 spiro atoms. The standard InChI is InChI=1S/C15H9FO4/c16-9-3-1-8(2-4-9)14(18)13-11-7-10(17)5-6-12(11)20-15(13)19/h1-7,13,17H/t13-/m1/s1. The molecule has 5 heteroatoms. The molecule has 0 saturated carbocycles. The van der Waals surface area contributed by atoms with E-state index in [4.69, 9.17) is 4.74 Å². The maximum absolute atomic E-state index is 12.9. The molecule has 1 aliphatic rings. The second kappa shape index (κ2) is 4.45. The Balaban J connectivity index is 2.02. The summed E-state index contributed by atoms with van der Waals surface area (Å²) in [6.07, 6.45) is 0. The number of Topliss-reactive ketones (excluding diaryl/α,β-unsaturated/α-hetero) is 1. The molecule has 4 nitrogen and oxygen atoms in total. The largest absolute Gasteiger partial charge is 0.508 e. The molecule has 1 aliphatic heterocycles. The molecule has 100 valence electrons. The molecule has 1 N–H and O–H groups in total. The van der Waals surface area contributed by atoms with Crippen LogP contribution in [0.4, 0.5) is 4.39 Å². The number of phenols is 1. The van der Waals surface area contributed by atoms with E-state index in [9.17, 15) is 19.1 Å². The molecule has 1 atom stereocenters. The predicted molar refractivity (Wildman–Crippen MR) is 67.2 cm³/mol. The van der Waals surface area contributed by atoms with Gasteiger partial charge in [0.15, 0.2) is 5.78 Å². The number of fused-ring (bicyclic) bond motifs is 1. The molecular formula is C15H9FO4. The van der Waals surface area contributed by atoms with Crippen LogP contribution in [0.5, 0.6) is 11.5 Å². The molecule has 0 amide bonds. The van der Waals surface area contributed by atoms with Gasteiger partial charge in [-0.25, -0.2) is 4.39 Å².